The second-order valence-corrected chi connectivity index (χ2v) is 9.65. The maximum atomic E-state index is 13.0. The van der Waals surface area contributed by atoms with E-state index in [2.05, 4.69) is 21.2 Å². The van der Waals surface area contributed by atoms with Crippen LogP contribution in [0.5, 0.6) is 0 Å². The minimum Gasteiger partial charge on any atom is -0.462 e. The van der Waals surface area contributed by atoms with Crippen molar-refractivity contribution in [3.8, 4) is 28.5 Å². The van der Waals surface area contributed by atoms with Crippen molar-refractivity contribution in [3.63, 3.8) is 0 Å². The van der Waals surface area contributed by atoms with E-state index in [-0.39, 0.29) is 17.7 Å². The van der Waals surface area contributed by atoms with Crippen molar-refractivity contribution in [1.29, 1.82) is 5.26 Å². The van der Waals surface area contributed by atoms with Crippen molar-refractivity contribution in [1.82, 2.24) is 0 Å². The third kappa shape index (κ3) is 5.77. The van der Waals surface area contributed by atoms with Crippen molar-refractivity contribution < 1.29 is 18.7 Å². The van der Waals surface area contributed by atoms with Crippen LogP contribution >= 0.6 is 38.9 Å². The molecule has 0 aliphatic rings. The maximum absolute atomic E-state index is 13.0. The van der Waals surface area contributed by atoms with Gasteiger partial charge in [0.05, 0.1) is 6.61 Å². The Morgan fingerprint density at radius 1 is 1.11 bits per heavy atom. The van der Waals surface area contributed by atoms with Crippen LogP contribution in [0.25, 0.3) is 28.5 Å². The SMILES string of the molecule is CCOC(=O)c1c(-c2ccc(Br)cc2)csc1NC(=O)C(C#N)=Cc1ccc(-c2ccc(Cl)cc2)o1. The fraction of sp³-hybridized carbons (Fsp3) is 0.0741. The minimum absolute atomic E-state index is 0.180. The number of nitrogens with zero attached hydrogens (tertiary/aromatic N) is 1. The molecule has 36 heavy (non-hydrogen) atoms. The van der Waals surface area contributed by atoms with E-state index in [0.29, 0.717) is 27.1 Å². The van der Waals surface area contributed by atoms with Crippen LogP contribution in [0.2, 0.25) is 5.02 Å². The van der Waals surface area contributed by atoms with E-state index < -0.39 is 11.9 Å². The summed E-state index contributed by atoms with van der Waals surface area (Å²) in [5, 5.41) is 15.0. The Bertz CT molecular complexity index is 1480. The van der Waals surface area contributed by atoms with Crippen LogP contribution in [0.1, 0.15) is 23.0 Å². The maximum Gasteiger partial charge on any atom is 0.341 e. The van der Waals surface area contributed by atoms with Gasteiger partial charge in [-0.15, -0.1) is 11.3 Å². The Hall–Kier alpha value is -3.64. The monoisotopic (exact) mass is 580 g/mol. The summed E-state index contributed by atoms with van der Waals surface area (Å²) in [5.74, 6) is -0.332. The predicted molar refractivity (Wildman–Crippen MR) is 145 cm³/mol. The van der Waals surface area contributed by atoms with Crippen molar-refractivity contribution in [3.05, 3.63) is 92.4 Å². The van der Waals surface area contributed by atoms with Gasteiger partial charge in [0.1, 0.15) is 33.7 Å². The van der Waals surface area contributed by atoms with Crippen molar-refractivity contribution in [2.45, 2.75) is 6.92 Å². The highest BCUT2D eigenvalue weighted by molar-refractivity contribution is 9.10. The Morgan fingerprint density at radius 2 is 1.81 bits per heavy atom. The number of carbonyl (C=O) groups excluding carboxylic acids is 2. The molecule has 0 atom stereocenters. The standard InChI is InChI=1S/C27H18BrClN2O4S/c1-2-34-27(33)24-22(16-3-7-19(28)8-4-16)15-36-26(24)31-25(32)18(14-30)13-21-11-12-23(35-21)17-5-9-20(29)10-6-17/h3-13,15H,2H2,1H3,(H,31,32). The molecule has 180 valence electrons. The molecule has 6 nitrogen and oxygen atoms in total. The number of rotatable bonds is 7. The molecule has 0 radical (unpaired) electrons. The zero-order valence-corrected chi connectivity index (χ0v) is 22.0. The van der Waals surface area contributed by atoms with Gasteiger partial charge in [-0.1, -0.05) is 39.7 Å². The molecule has 0 spiro atoms. The summed E-state index contributed by atoms with van der Waals surface area (Å²) in [6, 6.07) is 19.8. The zero-order valence-electron chi connectivity index (χ0n) is 18.9. The quantitative estimate of drug-likeness (QED) is 0.136. The lowest BCUT2D eigenvalue weighted by atomic mass is 10.0. The van der Waals surface area contributed by atoms with E-state index in [1.165, 1.54) is 17.4 Å². The lowest BCUT2D eigenvalue weighted by molar-refractivity contribution is -0.112. The average Bonchev–Trinajstić information content (AvgIpc) is 3.51. The second kappa shape index (κ2) is 11.4. The highest BCUT2D eigenvalue weighted by Crippen LogP contribution is 2.37. The lowest BCUT2D eigenvalue weighted by Gasteiger charge is -2.08. The van der Waals surface area contributed by atoms with Gasteiger partial charge in [0.15, 0.2) is 0 Å². The van der Waals surface area contributed by atoms with Gasteiger partial charge in [-0.05, 0) is 61.0 Å². The number of ether oxygens (including phenoxy) is 1. The molecule has 4 aromatic rings. The molecule has 2 heterocycles. The summed E-state index contributed by atoms with van der Waals surface area (Å²) in [7, 11) is 0. The van der Waals surface area contributed by atoms with E-state index in [1.54, 1.807) is 36.6 Å². The smallest absolute Gasteiger partial charge is 0.341 e. The topological polar surface area (TPSA) is 92.3 Å². The van der Waals surface area contributed by atoms with Crippen LogP contribution in [-0.2, 0) is 9.53 Å². The molecule has 0 fully saturated rings. The summed E-state index contributed by atoms with van der Waals surface area (Å²) < 4.78 is 11.9. The number of hydrogen-bond donors (Lipinski definition) is 1. The van der Waals surface area contributed by atoms with Gasteiger partial charge in [-0.2, -0.15) is 5.26 Å². The molecule has 1 amide bonds. The van der Waals surface area contributed by atoms with Crippen LogP contribution in [0, 0.1) is 11.3 Å². The molecule has 1 N–H and O–H groups in total. The van der Waals surface area contributed by atoms with E-state index in [1.807, 2.05) is 42.5 Å². The molecule has 4 rings (SSSR count). The van der Waals surface area contributed by atoms with Gasteiger partial charge in [0.2, 0.25) is 0 Å². The molecule has 0 unspecified atom stereocenters. The van der Waals surface area contributed by atoms with Gasteiger partial charge in [-0.25, -0.2) is 4.79 Å². The molecule has 2 aromatic heterocycles. The van der Waals surface area contributed by atoms with E-state index in [9.17, 15) is 14.9 Å². The van der Waals surface area contributed by atoms with Crippen LogP contribution < -0.4 is 5.32 Å². The molecule has 2 aromatic carbocycles. The molecular weight excluding hydrogens is 564 g/mol. The van der Waals surface area contributed by atoms with Crippen LogP contribution in [0.4, 0.5) is 5.00 Å². The summed E-state index contributed by atoms with van der Waals surface area (Å²) in [6.45, 7) is 1.89. The number of carbonyl (C=O) groups is 2. The predicted octanol–water partition coefficient (Wildman–Crippen LogP) is 7.81. The van der Waals surface area contributed by atoms with Crippen LogP contribution in [0.15, 0.2) is 80.5 Å². The van der Waals surface area contributed by atoms with Gasteiger partial charge in [0.25, 0.3) is 5.91 Å². The third-order valence-corrected chi connectivity index (χ3v) is 6.74. The Morgan fingerprint density at radius 3 is 2.47 bits per heavy atom. The van der Waals surface area contributed by atoms with Gasteiger partial charge >= 0.3 is 5.97 Å². The lowest BCUT2D eigenvalue weighted by Crippen LogP contribution is -2.16. The molecule has 0 saturated heterocycles. The highest BCUT2D eigenvalue weighted by Gasteiger charge is 2.24. The van der Waals surface area contributed by atoms with E-state index in [4.69, 9.17) is 20.8 Å². The largest absolute Gasteiger partial charge is 0.462 e. The fourth-order valence-corrected chi connectivity index (χ4v) is 4.70. The first-order valence-electron chi connectivity index (χ1n) is 10.7. The van der Waals surface area contributed by atoms with Gasteiger partial charge in [-0.3, -0.25) is 4.79 Å². The van der Waals surface area contributed by atoms with Crippen LogP contribution in [0.3, 0.4) is 0 Å². The highest BCUT2D eigenvalue weighted by atomic mass is 79.9. The number of nitriles is 1. The van der Waals surface area contributed by atoms with E-state index in [0.717, 1.165) is 15.6 Å². The Kier molecular flexibility index (Phi) is 8.06. The average molecular weight is 582 g/mol. The number of halogens is 2. The number of amides is 1. The van der Waals surface area contributed by atoms with Crippen molar-refractivity contribution in [2.24, 2.45) is 0 Å². The summed E-state index contributed by atoms with van der Waals surface area (Å²) >= 11 is 10.5. The molecule has 0 saturated carbocycles. The first-order valence-corrected chi connectivity index (χ1v) is 12.8. The molecule has 0 aliphatic carbocycles. The zero-order chi connectivity index (χ0) is 25.7. The number of benzene rings is 2. The number of nitrogens with one attached hydrogen (secondary N) is 1. The Labute approximate surface area is 224 Å². The minimum atomic E-state index is -0.670. The molecule has 0 bridgehead atoms. The van der Waals surface area contributed by atoms with Crippen molar-refractivity contribution >= 4 is 61.8 Å². The summed E-state index contributed by atoms with van der Waals surface area (Å²) in [5.41, 5.74) is 2.28. The normalized spacial score (nSPS) is 11.1. The van der Waals surface area contributed by atoms with Gasteiger partial charge in [0, 0.05) is 32.1 Å². The molecule has 9 heteroatoms. The van der Waals surface area contributed by atoms with E-state index >= 15 is 0 Å². The summed E-state index contributed by atoms with van der Waals surface area (Å²) in [4.78, 5) is 25.8. The Balaban J connectivity index is 1.61. The first-order chi connectivity index (χ1) is 17.4. The van der Waals surface area contributed by atoms with Crippen molar-refractivity contribution in [2.75, 3.05) is 11.9 Å². The summed E-state index contributed by atoms with van der Waals surface area (Å²) in [6.07, 6.45) is 1.35. The van der Waals surface area contributed by atoms with Crippen LogP contribution in [-0.4, -0.2) is 18.5 Å². The molecular formula is C27H18BrClN2O4S. The number of furan rings is 1. The fourth-order valence-electron chi connectivity index (χ4n) is 3.36. The second-order valence-electron chi connectivity index (χ2n) is 7.41. The number of esters is 1. The number of anilines is 1. The first kappa shape index (κ1) is 25.5. The third-order valence-electron chi connectivity index (χ3n) is 5.06. The van der Waals surface area contributed by atoms with Gasteiger partial charge < -0.3 is 14.5 Å². The number of thiophene rings is 1. The number of hydrogen-bond acceptors (Lipinski definition) is 6. The molecule has 0 aliphatic heterocycles.